The Morgan fingerprint density at radius 2 is 1.92 bits per heavy atom. The van der Waals surface area contributed by atoms with Crippen LogP contribution in [-0.4, -0.2) is 25.9 Å². The van der Waals surface area contributed by atoms with Crippen molar-refractivity contribution in [2.24, 2.45) is 0 Å². The van der Waals surface area contributed by atoms with Crippen molar-refractivity contribution in [3.8, 4) is 11.3 Å². The van der Waals surface area contributed by atoms with Gasteiger partial charge in [-0.05, 0) is 18.2 Å². The smallest absolute Gasteiger partial charge is 0.298 e. The Morgan fingerprint density at radius 1 is 1.12 bits per heavy atom. The number of hydrogen-bond donors (Lipinski definition) is 1. The summed E-state index contributed by atoms with van der Waals surface area (Å²) in [4.78, 5) is 16.2. The van der Waals surface area contributed by atoms with Crippen LogP contribution in [0, 0.1) is 5.95 Å². The normalized spacial score (nSPS) is 12.2. The number of hydrogen-bond acceptors (Lipinski definition) is 3. The maximum atomic E-state index is 13.4. The lowest BCUT2D eigenvalue weighted by Gasteiger charge is -2.14. The van der Waals surface area contributed by atoms with Crippen LogP contribution in [0.25, 0.3) is 33.1 Å². The fourth-order valence-corrected chi connectivity index (χ4v) is 2.94. The Bertz CT molecular complexity index is 1190. The average molecular weight is 362 g/mol. The summed E-state index contributed by atoms with van der Waals surface area (Å²) in [6.07, 6.45) is -3.38. The zero-order chi connectivity index (χ0) is 18.5. The number of halogens is 4. The Labute approximate surface area is 142 Å². The monoisotopic (exact) mass is 362 g/mol. The predicted molar refractivity (Wildman–Crippen MR) is 87.1 cm³/mol. The van der Waals surface area contributed by atoms with Crippen LogP contribution >= 0.6 is 0 Å². The minimum atomic E-state index is -4.58. The molecule has 4 rings (SSSR count). The van der Waals surface area contributed by atoms with E-state index >= 15 is 0 Å². The first-order valence-corrected chi connectivity index (χ1v) is 7.53. The van der Waals surface area contributed by atoms with Crippen molar-refractivity contribution in [2.75, 3.05) is 0 Å². The minimum absolute atomic E-state index is 0.0626. The van der Waals surface area contributed by atoms with Crippen molar-refractivity contribution in [1.82, 2.24) is 19.7 Å². The molecule has 26 heavy (non-hydrogen) atoms. The topological polar surface area (TPSA) is 63.6 Å². The lowest BCUT2D eigenvalue weighted by molar-refractivity contribution is -0.140. The standard InChI is InChI=1S/C17H10F4N4O/c18-14-3-1-2-12(23-14)9-4-5-10-13(6-9)25(8-17(19,20)21)16(26)11-7-22-24-15(10)11/h1-7H,8H2,(H,22,24). The first-order valence-electron chi connectivity index (χ1n) is 7.53. The number of nitrogens with one attached hydrogen (secondary N) is 1. The molecule has 9 heteroatoms. The molecule has 0 fully saturated rings. The van der Waals surface area contributed by atoms with E-state index < -0.39 is 24.2 Å². The van der Waals surface area contributed by atoms with Gasteiger partial charge in [-0.1, -0.05) is 18.2 Å². The molecule has 0 atom stereocenters. The van der Waals surface area contributed by atoms with E-state index in [4.69, 9.17) is 0 Å². The summed E-state index contributed by atoms with van der Waals surface area (Å²) in [5.41, 5.74) is 0.256. The van der Waals surface area contributed by atoms with Gasteiger partial charge in [-0.2, -0.15) is 22.7 Å². The van der Waals surface area contributed by atoms with Crippen molar-refractivity contribution in [3.05, 3.63) is 58.9 Å². The molecule has 0 aliphatic heterocycles. The molecule has 132 valence electrons. The van der Waals surface area contributed by atoms with Gasteiger partial charge in [0.2, 0.25) is 5.95 Å². The van der Waals surface area contributed by atoms with Gasteiger partial charge in [-0.25, -0.2) is 4.98 Å². The van der Waals surface area contributed by atoms with Crippen LogP contribution in [0.2, 0.25) is 0 Å². The maximum Gasteiger partial charge on any atom is 0.406 e. The van der Waals surface area contributed by atoms with E-state index in [2.05, 4.69) is 15.2 Å². The van der Waals surface area contributed by atoms with Gasteiger partial charge in [0.15, 0.2) is 0 Å². The van der Waals surface area contributed by atoms with Crippen molar-refractivity contribution >= 4 is 21.8 Å². The van der Waals surface area contributed by atoms with Gasteiger partial charge in [-0.3, -0.25) is 14.5 Å². The number of nitrogens with zero attached hydrogens (tertiary/aromatic N) is 3. The van der Waals surface area contributed by atoms with Gasteiger partial charge in [-0.15, -0.1) is 0 Å². The van der Waals surface area contributed by atoms with Crippen molar-refractivity contribution in [3.63, 3.8) is 0 Å². The largest absolute Gasteiger partial charge is 0.406 e. The highest BCUT2D eigenvalue weighted by molar-refractivity contribution is 6.04. The third-order valence-corrected chi connectivity index (χ3v) is 4.02. The Hall–Kier alpha value is -3.23. The number of H-pyrrole nitrogens is 1. The molecule has 1 aromatic carbocycles. The van der Waals surface area contributed by atoms with E-state index in [1.165, 1.54) is 24.4 Å². The highest BCUT2D eigenvalue weighted by atomic mass is 19.4. The second-order valence-electron chi connectivity index (χ2n) is 5.74. The molecule has 3 heterocycles. The number of aromatic amines is 1. The SMILES string of the molecule is O=c1c2cn[nH]c2c2ccc(-c3cccc(F)n3)cc2n1CC(F)(F)F. The second kappa shape index (κ2) is 5.65. The van der Waals surface area contributed by atoms with Crippen molar-refractivity contribution in [2.45, 2.75) is 12.7 Å². The Morgan fingerprint density at radius 3 is 2.65 bits per heavy atom. The van der Waals surface area contributed by atoms with Crippen LogP contribution in [0.5, 0.6) is 0 Å². The van der Waals surface area contributed by atoms with Crippen LogP contribution in [-0.2, 0) is 6.54 Å². The summed E-state index contributed by atoms with van der Waals surface area (Å²) in [7, 11) is 0. The highest BCUT2D eigenvalue weighted by Gasteiger charge is 2.30. The van der Waals surface area contributed by atoms with Gasteiger partial charge in [0.05, 0.1) is 28.3 Å². The number of alkyl halides is 3. The molecule has 0 unspecified atom stereocenters. The lowest BCUT2D eigenvalue weighted by Crippen LogP contribution is -2.28. The van der Waals surface area contributed by atoms with Crippen LogP contribution in [0.1, 0.15) is 0 Å². The number of aromatic nitrogens is 4. The maximum absolute atomic E-state index is 13.4. The van der Waals surface area contributed by atoms with Gasteiger partial charge < -0.3 is 0 Å². The Balaban J connectivity index is 2.05. The summed E-state index contributed by atoms with van der Waals surface area (Å²) < 4.78 is 53.0. The minimum Gasteiger partial charge on any atom is -0.298 e. The van der Waals surface area contributed by atoms with E-state index in [9.17, 15) is 22.4 Å². The van der Waals surface area contributed by atoms with Gasteiger partial charge in [0.25, 0.3) is 5.56 Å². The zero-order valence-corrected chi connectivity index (χ0v) is 13.0. The molecule has 0 bridgehead atoms. The third-order valence-electron chi connectivity index (χ3n) is 4.02. The van der Waals surface area contributed by atoms with E-state index in [-0.39, 0.29) is 16.6 Å². The number of pyridine rings is 2. The third kappa shape index (κ3) is 2.71. The number of fused-ring (bicyclic) bond motifs is 3. The quantitative estimate of drug-likeness (QED) is 0.437. The molecular formula is C17H10F4N4O. The Kier molecular flexibility index (Phi) is 3.53. The van der Waals surface area contributed by atoms with Crippen molar-refractivity contribution in [1.29, 1.82) is 0 Å². The fraction of sp³-hybridized carbons (Fsp3) is 0.118. The van der Waals surface area contributed by atoms with E-state index in [0.29, 0.717) is 21.0 Å². The molecule has 0 radical (unpaired) electrons. The van der Waals surface area contributed by atoms with E-state index in [1.807, 2.05) is 0 Å². The molecule has 3 aromatic heterocycles. The summed E-state index contributed by atoms with van der Waals surface area (Å²) in [6.45, 7) is -1.44. The number of benzene rings is 1. The average Bonchev–Trinajstić information content (AvgIpc) is 3.07. The first kappa shape index (κ1) is 16.2. The molecule has 0 spiro atoms. The van der Waals surface area contributed by atoms with Gasteiger partial charge >= 0.3 is 6.18 Å². The summed E-state index contributed by atoms with van der Waals surface area (Å²) in [5.74, 6) is -0.709. The van der Waals surface area contributed by atoms with Crippen LogP contribution in [0.4, 0.5) is 17.6 Å². The molecule has 5 nitrogen and oxygen atoms in total. The van der Waals surface area contributed by atoms with Crippen molar-refractivity contribution < 1.29 is 17.6 Å². The number of rotatable bonds is 2. The second-order valence-corrected chi connectivity index (χ2v) is 5.74. The highest BCUT2D eigenvalue weighted by Crippen LogP contribution is 2.28. The van der Waals surface area contributed by atoms with E-state index in [1.54, 1.807) is 12.1 Å². The molecule has 0 saturated heterocycles. The molecule has 0 amide bonds. The lowest BCUT2D eigenvalue weighted by atomic mass is 10.1. The van der Waals surface area contributed by atoms with Crippen LogP contribution < -0.4 is 5.56 Å². The van der Waals surface area contributed by atoms with E-state index in [0.717, 1.165) is 6.07 Å². The van der Waals surface area contributed by atoms with Gasteiger partial charge in [0.1, 0.15) is 6.54 Å². The first-order chi connectivity index (χ1) is 12.3. The van der Waals surface area contributed by atoms with Crippen LogP contribution in [0.15, 0.2) is 47.4 Å². The van der Waals surface area contributed by atoms with Gasteiger partial charge in [0, 0.05) is 10.9 Å². The molecule has 0 aliphatic carbocycles. The van der Waals surface area contributed by atoms with Crippen LogP contribution in [0.3, 0.4) is 0 Å². The molecule has 4 aromatic rings. The molecule has 1 N–H and O–H groups in total. The predicted octanol–water partition coefficient (Wildman–Crippen LogP) is 3.64. The zero-order valence-electron chi connectivity index (χ0n) is 13.0. The summed E-state index contributed by atoms with van der Waals surface area (Å²) in [5, 5.41) is 6.87. The fourth-order valence-electron chi connectivity index (χ4n) is 2.94. The summed E-state index contributed by atoms with van der Waals surface area (Å²) >= 11 is 0. The summed E-state index contributed by atoms with van der Waals surface area (Å²) in [6, 6.07) is 8.70. The molecular weight excluding hydrogens is 352 g/mol. The molecule has 0 saturated carbocycles. The molecule has 0 aliphatic rings.